The summed E-state index contributed by atoms with van der Waals surface area (Å²) in [6.45, 7) is 0. The molecular formula is C19H7Br3Cl2F3N4. The molecule has 4 rings (SSSR count). The van der Waals surface area contributed by atoms with Crippen molar-refractivity contribution in [3.8, 4) is 22.5 Å². The lowest BCUT2D eigenvalue weighted by molar-refractivity contribution is -0.141. The normalized spacial score (nSPS) is 11.9. The zero-order valence-electron chi connectivity index (χ0n) is 14.9. The molecule has 0 aliphatic heterocycles. The molecule has 0 saturated carbocycles. The number of alkyl halides is 3. The molecule has 0 fully saturated rings. The summed E-state index contributed by atoms with van der Waals surface area (Å²) in [7, 11) is 0. The Bertz CT molecular complexity index is 1280. The molecule has 1 radical (unpaired) electrons. The van der Waals surface area contributed by atoms with Crippen LogP contribution in [0.4, 0.5) is 13.2 Å². The topological polar surface area (TPSA) is 35.6 Å². The van der Waals surface area contributed by atoms with Gasteiger partial charge in [-0.3, -0.25) is 0 Å². The molecule has 0 unspecified atom stereocenters. The largest absolute Gasteiger partial charge is 0.435 e. The van der Waals surface area contributed by atoms with E-state index in [0.29, 0.717) is 31.0 Å². The van der Waals surface area contributed by atoms with Crippen molar-refractivity contribution >= 4 is 71.0 Å². The van der Waals surface area contributed by atoms with Gasteiger partial charge in [-0.15, -0.1) is 0 Å². The minimum atomic E-state index is -4.61. The van der Waals surface area contributed by atoms with Gasteiger partial charge < -0.3 is 0 Å². The van der Waals surface area contributed by atoms with Crippen LogP contribution < -0.4 is 0 Å². The number of hydrogen-bond acceptors (Lipinski definition) is 2. The van der Waals surface area contributed by atoms with Crippen LogP contribution in [-0.4, -0.2) is 19.6 Å². The fraction of sp³-hybridized carbons (Fsp3) is 0.0526. The molecule has 0 N–H and O–H groups in total. The Balaban J connectivity index is 2.00. The standard InChI is InChI=1S/C19H7Br3Cl2F3N4/c20-14-8-16(22)31(29-14)12-6-5-11(30-15(21)7-13(28-30)19(25,26)27)17(18(12)24)9-1-3-10(23)4-2-9/h1-4,6-8H. The Hall–Kier alpha value is -1.33. The summed E-state index contributed by atoms with van der Waals surface area (Å²) in [5, 5.41) is 8.78. The van der Waals surface area contributed by atoms with Crippen LogP contribution in [0.1, 0.15) is 5.69 Å². The van der Waals surface area contributed by atoms with E-state index in [-0.39, 0.29) is 15.3 Å². The van der Waals surface area contributed by atoms with Crippen molar-refractivity contribution < 1.29 is 13.2 Å². The molecule has 0 bridgehead atoms. The Kier molecular flexibility index (Phi) is 6.30. The monoisotopic (exact) mass is 655 g/mol. The average molecular weight is 659 g/mol. The van der Waals surface area contributed by atoms with E-state index >= 15 is 0 Å². The summed E-state index contributed by atoms with van der Waals surface area (Å²) in [5.74, 6) is 0. The van der Waals surface area contributed by atoms with Crippen LogP contribution in [0.3, 0.4) is 0 Å². The summed E-state index contributed by atoms with van der Waals surface area (Å²) in [5.41, 5.74) is 0.662. The minimum Gasteiger partial charge on any atom is -0.225 e. The highest BCUT2D eigenvalue weighted by Crippen LogP contribution is 2.40. The molecule has 0 aliphatic rings. The lowest BCUT2D eigenvalue weighted by Crippen LogP contribution is -2.09. The Morgan fingerprint density at radius 1 is 0.903 bits per heavy atom. The maximum atomic E-state index is 13.2. The van der Waals surface area contributed by atoms with E-state index in [2.05, 4.69) is 64.1 Å². The van der Waals surface area contributed by atoms with Crippen molar-refractivity contribution in [3.63, 3.8) is 0 Å². The highest BCUT2D eigenvalue weighted by Gasteiger charge is 2.35. The first-order valence-corrected chi connectivity index (χ1v) is 11.4. The Morgan fingerprint density at radius 2 is 1.55 bits per heavy atom. The molecule has 159 valence electrons. The number of nitrogens with zero attached hydrogens (tertiary/aromatic N) is 4. The van der Waals surface area contributed by atoms with Gasteiger partial charge in [0.25, 0.3) is 0 Å². The first kappa shape index (κ1) is 22.8. The van der Waals surface area contributed by atoms with Crippen LogP contribution >= 0.6 is 71.0 Å². The highest BCUT2D eigenvalue weighted by molar-refractivity contribution is 9.11. The van der Waals surface area contributed by atoms with E-state index < -0.39 is 11.9 Å². The minimum absolute atomic E-state index is 0.0955. The molecule has 2 heterocycles. The molecule has 4 aromatic rings. The number of aromatic nitrogens is 4. The van der Waals surface area contributed by atoms with Gasteiger partial charge in [-0.25, -0.2) is 9.36 Å². The summed E-state index contributed by atoms with van der Waals surface area (Å²) < 4.78 is 43.5. The molecule has 0 aliphatic carbocycles. The SMILES string of the molecule is FC(F)(F)c1cc(Br)n(-c2[c]cc(-n3nc(Br)cc3Br)c(Cl)c2-c2ccc(Cl)cc2)n1. The molecule has 12 heteroatoms. The van der Waals surface area contributed by atoms with Gasteiger partial charge in [0, 0.05) is 28.8 Å². The lowest BCUT2D eigenvalue weighted by Gasteiger charge is -2.16. The van der Waals surface area contributed by atoms with Crippen molar-refractivity contribution in [3.05, 3.63) is 78.1 Å². The molecule has 0 atom stereocenters. The fourth-order valence-electron chi connectivity index (χ4n) is 2.86. The molecule has 31 heavy (non-hydrogen) atoms. The molecule has 2 aromatic heterocycles. The number of hydrogen-bond donors (Lipinski definition) is 0. The van der Waals surface area contributed by atoms with Crippen molar-refractivity contribution in [2.24, 2.45) is 0 Å². The maximum absolute atomic E-state index is 13.2. The lowest BCUT2D eigenvalue weighted by atomic mass is 10.0. The van der Waals surface area contributed by atoms with Crippen molar-refractivity contribution in [1.82, 2.24) is 19.6 Å². The van der Waals surface area contributed by atoms with Crippen LogP contribution in [0.2, 0.25) is 10.0 Å². The molecule has 0 spiro atoms. The maximum Gasteiger partial charge on any atom is 0.435 e. The Labute approximate surface area is 209 Å². The van der Waals surface area contributed by atoms with E-state index in [4.69, 9.17) is 23.2 Å². The third-order valence-electron chi connectivity index (χ3n) is 4.19. The molecular weight excluding hydrogens is 652 g/mol. The van der Waals surface area contributed by atoms with Gasteiger partial charge >= 0.3 is 6.18 Å². The predicted octanol–water partition coefficient (Wildman–Crippen LogP) is 8.14. The highest BCUT2D eigenvalue weighted by atomic mass is 79.9. The summed E-state index contributed by atoms with van der Waals surface area (Å²) >= 11 is 22.6. The molecule has 4 nitrogen and oxygen atoms in total. The summed E-state index contributed by atoms with van der Waals surface area (Å²) in [6, 6.07) is 13.9. The van der Waals surface area contributed by atoms with E-state index in [1.54, 1.807) is 30.3 Å². The average Bonchev–Trinajstić information content (AvgIpc) is 3.24. The second-order valence-corrected chi connectivity index (χ2v) is 9.43. The van der Waals surface area contributed by atoms with Gasteiger partial charge in [-0.05, 0) is 71.6 Å². The van der Waals surface area contributed by atoms with Crippen molar-refractivity contribution in [2.75, 3.05) is 0 Å². The van der Waals surface area contributed by atoms with Crippen LogP contribution in [0.15, 0.2) is 56.3 Å². The van der Waals surface area contributed by atoms with E-state index in [9.17, 15) is 13.2 Å². The summed E-state index contributed by atoms with van der Waals surface area (Å²) in [6.07, 6.45) is -4.61. The van der Waals surface area contributed by atoms with E-state index in [1.807, 2.05) is 0 Å². The van der Waals surface area contributed by atoms with E-state index in [0.717, 1.165) is 10.7 Å². The van der Waals surface area contributed by atoms with Crippen LogP contribution in [-0.2, 0) is 6.18 Å². The third kappa shape index (κ3) is 4.45. The predicted molar refractivity (Wildman–Crippen MR) is 123 cm³/mol. The van der Waals surface area contributed by atoms with Gasteiger partial charge in [0.1, 0.15) is 13.8 Å². The number of benzene rings is 2. The third-order valence-corrected chi connectivity index (χ3v) is 6.34. The number of halogens is 8. The van der Waals surface area contributed by atoms with Gasteiger partial charge in [0.2, 0.25) is 0 Å². The van der Waals surface area contributed by atoms with Crippen molar-refractivity contribution in [2.45, 2.75) is 6.18 Å². The first-order chi connectivity index (χ1) is 14.6. The Morgan fingerprint density at radius 3 is 2.10 bits per heavy atom. The van der Waals surface area contributed by atoms with Crippen LogP contribution in [0.25, 0.3) is 22.5 Å². The second-order valence-electron chi connectivity index (χ2n) is 6.18. The summed E-state index contributed by atoms with van der Waals surface area (Å²) in [4.78, 5) is 0. The smallest absolute Gasteiger partial charge is 0.225 e. The second kappa shape index (κ2) is 8.55. The number of rotatable bonds is 3. The molecule has 0 amide bonds. The molecule has 0 saturated heterocycles. The van der Waals surface area contributed by atoms with Gasteiger partial charge in [-0.1, -0.05) is 35.3 Å². The zero-order chi connectivity index (χ0) is 22.5. The van der Waals surface area contributed by atoms with Crippen LogP contribution in [0.5, 0.6) is 0 Å². The quantitative estimate of drug-likeness (QED) is 0.223. The van der Waals surface area contributed by atoms with E-state index in [1.165, 1.54) is 10.7 Å². The molecule has 2 aromatic carbocycles. The van der Waals surface area contributed by atoms with Crippen molar-refractivity contribution in [1.29, 1.82) is 0 Å². The van der Waals surface area contributed by atoms with Gasteiger partial charge in [-0.2, -0.15) is 23.4 Å². The first-order valence-electron chi connectivity index (χ1n) is 8.31. The van der Waals surface area contributed by atoms with Gasteiger partial charge in [0.15, 0.2) is 5.69 Å². The fourth-order valence-corrected chi connectivity index (χ4v) is 4.96. The van der Waals surface area contributed by atoms with Gasteiger partial charge in [0.05, 0.1) is 16.4 Å². The van der Waals surface area contributed by atoms with Crippen LogP contribution in [0, 0.1) is 6.07 Å². The zero-order valence-corrected chi connectivity index (χ0v) is 21.1.